The van der Waals surface area contributed by atoms with Crippen molar-refractivity contribution in [1.82, 2.24) is 0 Å². The van der Waals surface area contributed by atoms with Gasteiger partial charge in [-0.15, -0.1) is 0 Å². The van der Waals surface area contributed by atoms with Gasteiger partial charge in [-0.2, -0.15) is 0 Å². The second kappa shape index (κ2) is 7.33. The molecule has 0 saturated heterocycles. The first-order chi connectivity index (χ1) is 7.74. The second-order valence-electron chi connectivity index (χ2n) is 3.14. The summed E-state index contributed by atoms with van der Waals surface area (Å²) in [6.07, 6.45) is 0. The fourth-order valence-corrected chi connectivity index (χ4v) is 1.26. The van der Waals surface area contributed by atoms with Crippen molar-refractivity contribution in [2.24, 2.45) is 0 Å². The van der Waals surface area contributed by atoms with Crippen LogP contribution in [-0.4, -0.2) is 33.5 Å². The summed E-state index contributed by atoms with van der Waals surface area (Å²) in [5.74, 6) is 0.581. The van der Waals surface area contributed by atoms with Crippen LogP contribution in [0.2, 0.25) is 5.02 Å². The summed E-state index contributed by atoms with van der Waals surface area (Å²) in [4.78, 5) is 0. The molecule has 0 aliphatic carbocycles. The number of rotatable bonds is 7. The van der Waals surface area contributed by atoms with E-state index in [9.17, 15) is 0 Å². The molecule has 0 unspecified atom stereocenters. The summed E-state index contributed by atoms with van der Waals surface area (Å²) in [7, 11) is 1.63. The smallest absolute Gasteiger partial charge is 0.140 e. The van der Waals surface area contributed by atoms with Crippen molar-refractivity contribution in [3.05, 3.63) is 23.2 Å². The van der Waals surface area contributed by atoms with E-state index in [1.807, 2.05) is 0 Å². The lowest BCUT2D eigenvalue weighted by atomic mass is 10.3. The lowest BCUT2D eigenvalue weighted by Gasteiger charge is -2.09. The zero-order chi connectivity index (χ0) is 11.8. The molecule has 0 spiro atoms. The molecule has 2 N–H and O–H groups in total. The number of ether oxygens (including phenoxy) is 3. The van der Waals surface area contributed by atoms with E-state index in [0.717, 1.165) is 0 Å². The zero-order valence-electron chi connectivity index (χ0n) is 9.24. The van der Waals surface area contributed by atoms with Crippen LogP contribution in [-0.2, 0) is 9.47 Å². The van der Waals surface area contributed by atoms with Crippen LogP contribution in [0.3, 0.4) is 0 Å². The molecular formula is C11H16ClNO3. The molecule has 0 fully saturated rings. The Labute approximate surface area is 100 Å². The number of halogens is 1. The minimum Gasteiger partial charge on any atom is -0.490 e. The highest BCUT2D eigenvalue weighted by Gasteiger charge is 2.01. The molecular weight excluding hydrogens is 230 g/mol. The fourth-order valence-electron chi connectivity index (χ4n) is 1.09. The van der Waals surface area contributed by atoms with Crippen molar-refractivity contribution in [2.45, 2.75) is 0 Å². The summed E-state index contributed by atoms with van der Waals surface area (Å²) >= 11 is 5.92. The van der Waals surface area contributed by atoms with Crippen LogP contribution < -0.4 is 10.5 Å². The van der Waals surface area contributed by atoms with Gasteiger partial charge >= 0.3 is 0 Å². The van der Waals surface area contributed by atoms with Crippen molar-refractivity contribution in [1.29, 1.82) is 0 Å². The number of hydrogen-bond donors (Lipinski definition) is 1. The average Bonchev–Trinajstić information content (AvgIpc) is 2.28. The van der Waals surface area contributed by atoms with Crippen LogP contribution in [0, 0.1) is 0 Å². The number of nitrogen functional groups attached to an aromatic ring is 1. The second-order valence-corrected chi connectivity index (χ2v) is 3.55. The number of anilines is 1. The Hall–Kier alpha value is -0.970. The lowest BCUT2D eigenvalue weighted by Crippen LogP contribution is -2.10. The van der Waals surface area contributed by atoms with Crippen LogP contribution in [0.4, 0.5) is 5.69 Å². The predicted octanol–water partition coefficient (Wildman–Crippen LogP) is 1.96. The molecule has 90 valence electrons. The zero-order valence-corrected chi connectivity index (χ0v) is 10.00. The van der Waals surface area contributed by atoms with Crippen LogP contribution >= 0.6 is 11.6 Å². The van der Waals surface area contributed by atoms with E-state index in [4.69, 9.17) is 31.5 Å². The van der Waals surface area contributed by atoms with E-state index in [0.29, 0.717) is 42.9 Å². The maximum atomic E-state index is 5.92. The first-order valence-corrected chi connectivity index (χ1v) is 5.36. The summed E-state index contributed by atoms with van der Waals surface area (Å²) in [6, 6.07) is 5.12. The summed E-state index contributed by atoms with van der Waals surface area (Å²) in [5, 5.41) is 0.547. The Balaban J connectivity index is 2.23. The number of benzene rings is 1. The Morgan fingerprint density at radius 2 is 1.94 bits per heavy atom. The van der Waals surface area contributed by atoms with E-state index in [2.05, 4.69) is 0 Å². The molecule has 5 heteroatoms. The standard InChI is InChI=1S/C11H16ClNO3/c1-14-4-5-15-6-7-16-11-8-9(13)2-3-10(11)12/h2-3,8H,4-7,13H2,1H3. The van der Waals surface area contributed by atoms with Gasteiger partial charge in [0, 0.05) is 18.9 Å². The van der Waals surface area contributed by atoms with Gasteiger partial charge < -0.3 is 19.9 Å². The molecule has 0 aliphatic rings. The Bertz CT molecular complexity index is 320. The maximum Gasteiger partial charge on any atom is 0.140 e. The Morgan fingerprint density at radius 3 is 2.69 bits per heavy atom. The van der Waals surface area contributed by atoms with Gasteiger partial charge in [0.2, 0.25) is 0 Å². The molecule has 4 nitrogen and oxygen atoms in total. The molecule has 0 aromatic heterocycles. The van der Waals surface area contributed by atoms with E-state index in [1.54, 1.807) is 25.3 Å². The minimum absolute atomic E-state index is 0.437. The molecule has 1 aromatic rings. The van der Waals surface area contributed by atoms with E-state index in [-0.39, 0.29) is 0 Å². The van der Waals surface area contributed by atoms with Crippen molar-refractivity contribution >= 4 is 17.3 Å². The Morgan fingerprint density at radius 1 is 1.19 bits per heavy atom. The van der Waals surface area contributed by atoms with Gasteiger partial charge in [-0.05, 0) is 12.1 Å². The van der Waals surface area contributed by atoms with E-state index < -0.39 is 0 Å². The van der Waals surface area contributed by atoms with Crippen molar-refractivity contribution in [3.63, 3.8) is 0 Å². The first kappa shape index (κ1) is 13.1. The predicted molar refractivity (Wildman–Crippen MR) is 64.1 cm³/mol. The van der Waals surface area contributed by atoms with Crippen molar-refractivity contribution in [3.8, 4) is 5.75 Å². The quantitative estimate of drug-likeness (QED) is 0.589. The molecule has 1 rings (SSSR count). The van der Waals surface area contributed by atoms with Crippen LogP contribution in [0.1, 0.15) is 0 Å². The van der Waals surface area contributed by atoms with Gasteiger partial charge in [0.15, 0.2) is 0 Å². The largest absolute Gasteiger partial charge is 0.490 e. The van der Waals surface area contributed by atoms with Gasteiger partial charge in [-0.25, -0.2) is 0 Å². The summed E-state index contributed by atoms with van der Waals surface area (Å²) in [5.41, 5.74) is 6.24. The molecule has 0 radical (unpaired) electrons. The third-order valence-electron chi connectivity index (χ3n) is 1.87. The number of nitrogens with two attached hydrogens (primary N) is 1. The highest BCUT2D eigenvalue weighted by atomic mass is 35.5. The molecule has 0 amide bonds. The maximum absolute atomic E-state index is 5.92. The molecule has 1 aromatic carbocycles. The monoisotopic (exact) mass is 245 g/mol. The normalized spacial score (nSPS) is 10.4. The molecule has 0 heterocycles. The highest BCUT2D eigenvalue weighted by Crippen LogP contribution is 2.26. The van der Waals surface area contributed by atoms with Crippen LogP contribution in [0.5, 0.6) is 5.75 Å². The molecule has 0 aliphatic heterocycles. The SMILES string of the molecule is COCCOCCOc1cc(N)ccc1Cl. The molecule has 16 heavy (non-hydrogen) atoms. The summed E-state index contributed by atoms with van der Waals surface area (Å²) in [6.45, 7) is 2.07. The minimum atomic E-state index is 0.437. The van der Waals surface area contributed by atoms with Gasteiger partial charge in [0.1, 0.15) is 12.4 Å². The van der Waals surface area contributed by atoms with E-state index in [1.165, 1.54) is 0 Å². The van der Waals surface area contributed by atoms with Crippen molar-refractivity contribution < 1.29 is 14.2 Å². The van der Waals surface area contributed by atoms with Gasteiger partial charge in [-0.3, -0.25) is 0 Å². The summed E-state index contributed by atoms with van der Waals surface area (Å²) < 4.78 is 15.5. The Kier molecular flexibility index (Phi) is 6.00. The third-order valence-corrected chi connectivity index (χ3v) is 2.18. The van der Waals surface area contributed by atoms with Gasteiger partial charge in [0.25, 0.3) is 0 Å². The average molecular weight is 246 g/mol. The lowest BCUT2D eigenvalue weighted by molar-refractivity contribution is 0.0544. The topological polar surface area (TPSA) is 53.7 Å². The van der Waals surface area contributed by atoms with Gasteiger partial charge in [-0.1, -0.05) is 11.6 Å². The van der Waals surface area contributed by atoms with Crippen LogP contribution in [0.15, 0.2) is 18.2 Å². The fraction of sp³-hybridized carbons (Fsp3) is 0.455. The first-order valence-electron chi connectivity index (χ1n) is 4.98. The number of methoxy groups -OCH3 is 1. The van der Waals surface area contributed by atoms with E-state index >= 15 is 0 Å². The molecule has 0 atom stereocenters. The third kappa shape index (κ3) is 4.70. The highest BCUT2D eigenvalue weighted by molar-refractivity contribution is 6.32. The molecule has 0 bridgehead atoms. The van der Waals surface area contributed by atoms with Gasteiger partial charge in [0.05, 0.1) is 24.8 Å². The van der Waals surface area contributed by atoms with Crippen LogP contribution in [0.25, 0.3) is 0 Å². The van der Waals surface area contributed by atoms with Crippen molar-refractivity contribution in [2.75, 3.05) is 39.3 Å². The number of hydrogen-bond acceptors (Lipinski definition) is 4. The molecule has 0 saturated carbocycles.